The molecule has 0 aliphatic carbocycles. The molecule has 0 saturated heterocycles. The molecular weight excluding hydrogens is 545 g/mol. The first-order chi connectivity index (χ1) is 16.3. The van der Waals surface area contributed by atoms with Gasteiger partial charge in [-0.1, -0.05) is 45.2 Å². The van der Waals surface area contributed by atoms with Gasteiger partial charge in [-0.3, -0.25) is 14.6 Å². The predicted molar refractivity (Wildman–Crippen MR) is 133 cm³/mol. The van der Waals surface area contributed by atoms with E-state index in [0.717, 1.165) is 0 Å². The molecule has 5 rings (SSSR count). The van der Waals surface area contributed by atoms with E-state index in [2.05, 4.69) is 41.4 Å². The highest BCUT2D eigenvalue weighted by atomic mass is 79.9. The Kier molecular flexibility index (Phi) is 5.72. The lowest BCUT2D eigenvalue weighted by atomic mass is 10.2. The Morgan fingerprint density at radius 1 is 1.12 bits per heavy atom. The minimum absolute atomic E-state index is 0.102. The Hall–Kier alpha value is -3.47. The summed E-state index contributed by atoms with van der Waals surface area (Å²) in [6, 6.07) is 13.6. The third-order valence-electron chi connectivity index (χ3n) is 4.93. The van der Waals surface area contributed by atoms with Gasteiger partial charge >= 0.3 is 0 Å². The fourth-order valence-electron chi connectivity index (χ4n) is 3.41. The number of anilines is 1. The van der Waals surface area contributed by atoms with Gasteiger partial charge < -0.3 is 5.32 Å². The zero-order valence-electron chi connectivity index (χ0n) is 17.4. The van der Waals surface area contributed by atoms with Gasteiger partial charge in [-0.05, 0) is 43.3 Å². The summed E-state index contributed by atoms with van der Waals surface area (Å²) >= 11 is 15.7. The molecule has 12 heteroatoms. The van der Waals surface area contributed by atoms with Gasteiger partial charge in [0.2, 0.25) is 5.95 Å². The van der Waals surface area contributed by atoms with Crippen LogP contribution in [0.25, 0.3) is 22.7 Å². The number of hydrogen-bond donors (Lipinski definition) is 2. The number of carbonyl (C=O) groups excluding carboxylic acids is 1. The summed E-state index contributed by atoms with van der Waals surface area (Å²) < 4.78 is 3.56. The van der Waals surface area contributed by atoms with E-state index in [9.17, 15) is 9.59 Å². The number of carbonyl (C=O) groups is 1. The van der Waals surface area contributed by atoms with E-state index in [1.54, 1.807) is 55.5 Å². The maximum Gasteiger partial charge on any atom is 0.263 e. The van der Waals surface area contributed by atoms with Gasteiger partial charge in [0.25, 0.3) is 11.5 Å². The number of nitrogens with zero attached hydrogens (tertiary/aromatic N) is 5. The Labute approximate surface area is 210 Å². The van der Waals surface area contributed by atoms with Crippen LogP contribution in [0.3, 0.4) is 0 Å². The topological polar surface area (TPSA) is 110 Å². The highest BCUT2D eigenvalue weighted by Gasteiger charge is 2.18. The molecule has 0 spiro atoms. The molecule has 2 aromatic carbocycles. The predicted octanol–water partition coefficient (Wildman–Crippen LogP) is 4.92. The lowest BCUT2D eigenvalue weighted by Crippen LogP contribution is -2.19. The fourth-order valence-corrected chi connectivity index (χ4v) is 4.16. The summed E-state index contributed by atoms with van der Waals surface area (Å²) in [5, 5.41) is 12.6. The third-order valence-corrected chi connectivity index (χ3v) is 5.98. The number of rotatable bonds is 4. The van der Waals surface area contributed by atoms with Crippen molar-refractivity contribution in [2.45, 2.75) is 6.92 Å². The number of nitrogens with one attached hydrogen (secondary N) is 2. The number of aryl methyl sites for hydroxylation is 1. The van der Waals surface area contributed by atoms with Crippen molar-refractivity contribution < 1.29 is 4.79 Å². The second-order valence-corrected chi connectivity index (χ2v) is 9.08. The largest absolute Gasteiger partial charge is 0.306 e. The highest BCUT2D eigenvalue weighted by molar-refractivity contribution is 9.10. The van der Waals surface area contributed by atoms with Crippen LogP contribution in [-0.4, -0.2) is 35.4 Å². The number of aromatic amines is 1. The average molecular weight is 559 g/mol. The average Bonchev–Trinajstić information content (AvgIpc) is 3.39. The molecule has 34 heavy (non-hydrogen) atoms. The van der Waals surface area contributed by atoms with Crippen molar-refractivity contribution in [2.75, 3.05) is 5.32 Å². The Morgan fingerprint density at radius 3 is 2.74 bits per heavy atom. The van der Waals surface area contributed by atoms with E-state index >= 15 is 0 Å². The number of hydrogen-bond acceptors (Lipinski definition) is 5. The van der Waals surface area contributed by atoms with Crippen molar-refractivity contribution in [2.24, 2.45) is 0 Å². The van der Waals surface area contributed by atoms with E-state index in [0.29, 0.717) is 42.8 Å². The first-order valence-electron chi connectivity index (χ1n) is 9.87. The van der Waals surface area contributed by atoms with Gasteiger partial charge in [0, 0.05) is 15.6 Å². The van der Waals surface area contributed by atoms with Crippen LogP contribution in [0.2, 0.25) is 10.0 Å². The molecular formula is C22H14BrCl2N7O2. The van der Waals surface area contributed by atoms with E-state index < -0.39 is 11.5 Å². The van der Waals surface area contributed by atoms with Gasteiger partial charge in [-0.2, -0.15) is 19.9 Å². The van der Waals surface area contributed by atoms with Crippen LogP contribution >= 0.6 is 39.1 Å². The van der Waals surface area contributed by atoms with Crippen molar-refractivity contribution in [3.63, 3.8) is 0 Å². The number of halogens is 3. The molecule has 3 aromatic heterocycles. The Morgan fingerprint density at radius 2 is 1.94 bits per heavy atom. The summed E-state index contributed by atoms with van der Waals surface area (Å²) in [6.45, 7) is 1.76. The van der Waals surface area contributed by atoms with Crippen LogP contribution in [0.15, 0.2) is 64.0 Å². The lowest BCUT2D eigenvalue weighted by molar-refractivity contribution is 0.102. The monoisotopic (exact) mass is 557 g/mol. The smallest absolute Gasteiger partial charge is 0.263 e. The van der Waals surface area contributed by atoms with Crippen LogP contribution in [-0.2, 0) is 0 Å². The molecule has 0 aliphatic rings. The summed E-state index contributed by atoms with van der Waals surface area (Å²) in [7, 11) is 0. The zero-order chi connectivity index (χ0) is 24.0. The molecule has 0 radical (unpaired) electrons. The third kappa shape index (κ3) is 4.11. The Balaban J connectivity index is 1.60. The quantitative estimate of drug-likeness (QED) is 0.325. The SMILES string of the molecule is Cc1cc(NC(=O)c2cc(Br)ccc2Cl)n(-c2nc3c(cnn3-c3cccc(Cl)c3)c(=O)[nH]2)n1. The molecule has 9 nitrogen and oxygen atoms in total. The molecule has 0 aliphatic heterocycles. The summed E-state index contributed by atoms with van der Waals surface area (Å²) in [5.41, 5.74) is 1.41. The summed E-state index contributed by atoms with van der Waals surface area (Å²) in [5.74, 6) is -0.0419. The number of H-pyrrole nitrogens is 1. The van der Waals surface area contributed by atoms with Gasteiger partial charge in [0.05, 0.1) is 28.2 Å². The minimum atomic E-state index is -0.445. The fraction of sp³-hybridized carbons (Fsp3) is 0.0455. The van der Waals surface area contributed by atoms with E-state index in [-0.39, 0.29) is 11.5 Å². The number of amides is 1. The van der Waals surface area contributed by atoms with Crippen LogP contribution in [0.4, 0.5) is 5.82 Å². The number of fused-ring (bicyclic) bond motifs is 1. The molecule has 2 N–H and O–H groups in total. The number of aromatic nitrogens is 6. The highest BCUT2D eigenvalue weighted by Crippen LogP contribution is 2.24. The van der Waals surface area contributed by atoms with Crippen LogP contribution in [0.1, 0.15) is 16.1 Å². The van der Waals surface area contributed by atoms with Gasteiger partial charge in [-0.15, -0.1) is 0 Å². The Bertz CT molecular complexity index is 1640. The van der Waals surface area contributed by atoms with E-state index in [1.807, 2.05) is 0 Å². The summed E-state index contributed by atoms with van der Waals surface area (Å²) in [6.07, 6.45) is 1.43. The molecule has 3 heterocycles. The van der Waals surface area contributed by atoms with Gasteiger partial charge in [0.1, 0.15) is 11.2 Å². The van der Waals surface area contributed by atoms with E-state index in [1.165, 1.54) is 15.6 Å². The first-order valence-corrected chi connectivity index (χ1v) is 11.4. The zero-order valence-corrected chi connectivity index (χ0v) is 20.5. The maximum atomic E-state index is 12.9. The molecule has 0 bridgehead atoms. The van der Waals surface area contributed by atoms with Crippen molar-refractivity contribution in [1.29, 1.82) is 0 Å². The molecule has 0 saturated carbocycles. The van der Waals surface area contributed by atoms with Crippen molar-refractivity contribution in [1.82, 2.24) is 29.5 Å². The maximum absolute atomic E-state index is 12.9. The number of benzene rings is 2. The van der Waals surface area contributed by atoms with Crippen LogP contribution in [0.5, 0.6) is 0 Å². The van der Waals surface area contributed by atoms with Crippen LogP contribution in [0, 0.1) is 6.92 Å². The molecule has 0 fully saturated rings. The van der Waals surface area contributed by atoms with Gasteiger partial charge in [-0.25, -0.2) is 4.68 Å². The van der Waals surface area contributed by atoms with Crippen LogP contribution < -0.4 is 10.9 Å². The summed E-state index contributed by atoms with van der Waals surface area (Å²) in [4.78, 5) is 33.0. The standard InChI is InChI=1S/C22H14BrCl2N7O2/c1-11-7-18(27-20(33)15-8-12(23)5-6-17(15)25)32(30-11)22-28-19-16(21(34)29-22)10-26-31(19)14-4-2-3-13(24)9-14/h2-10H,1H3,(H,27,33)(H,28,29,34). The minimum Gasteiger partial charge on any atom is -0.306 e. The van der Waals surface area contributed by atoms with Crippen molar-refractivity contribution in [3.05, 3.63) is 90.9 Å². The van der Waals surface area contributed by atoms with Crippen molar-refractivity contribution in [3.8, 4) is 11.6 Å². The second kappa shape index (κ2) is 8.71. The molecule has 0 unspecified atom stereocenters. The first kappa shape index (κ1) is 22.3. The molecule has 0 atom stereocenters. The second-order valence-electron chi connectivity index (χ2n) is 7.32. The normalized spacial score (nSPS) is 11.2. The molecule has 170 valence electrons. The van der Waals surface area contributed by atoms with E-state index in [4.69, 9.17) is 23.2 Å². The van der Waals surface area contributed by atoms with Gasteiger partial charge in [0.15, 0.2) is 5.65 Å². The molecule has 1 amide bonds. The molecule has 5 aromatic rings. The lowest BCUT2D eigenvalue weighted by Gasteiger charge is -2.10. The van der Waals surface area contributed by atoms with Crippen molar-refractivity contribution >= 4 is 61.9 Å².